The van der Waals surface area contributed by atoms with Crippen molar-refractivity contribution in [3.63, 3.8) is 0 Å². The summed E-state index contributed by atoms with van der Waals surface area (Å²) in [5.41, 5.74) is 0.424. The first-order chi connectivity index (χ1) is 7.58. The maximum atomic E-state index is 13.6. The highest BCUT2D eigenvalue weighted by Gasteiger charge is 2.23. The first-order valence-corrected chi connectivity index (χ1v) is 7.07. The van der Waals surface area contributed by atoms with Crippen LogP contribution in [0.15, 0.2) is 16.6 Å². The monoisotopic (exact) mass is 352 g/mol. The van der Waals surface area contributed by atoms with Gasteiger partial charge in [0, 0.05) is 10.4 Å². The maximum absolute atomic E-state index is 13.6. The van der Waals surface area contributed by atoms with E-state index < -0.39 is 5.82 Å². The summed E-state index contributed by atoms with van der Waals surface area (Å²) < 4.78 is 27.1. The molecule has 0 saturated heterocycles. The Morgan fingerprint density at radius 1 is 1.25 bits per heavy atom. The number of rotatable bonds is 3. The maximum Gasteiger partial charge on any atom is 0.137 e. The highest BCUT2D eigenvalue weighted by atomic mass is 79.9. The minimum absolute atomic E-state index is 0.0830. The van der Waals surface area contributed by atoms with Crippen molar-refractivity contribution in [2.45, 2.75) is 30.5 Å². The van der Waals surface area contributed by atoms with Gasteiger partial charge in [0.15, 0.2) is 0 Å². The first kappa shape index (κ1) is 12.5. The molecule has 16 heavy (non-hydrogen) atoms. The third-order valence-electron chi connectivity index (χ3n) is 3.14. The Labute approximate surface area is 111 Å². The molecule has 0 N–H and O–H groups in total. The lowest BCUT2D eigenvalue weighted by Crippen LogP contribution is -2.13. The summed E-state index contributed by atoms with van der Waals surface area (Å²) >= 11 is 6.42. The van der Waals surface area contributed by atoms with Crippen molar-refractivity contribution in [2.75, 3.05) is 0 Å². The molecule has 0 nitrogen and oxygen atoms in total. The normalized spacial score (nSPS) is 18.2. The Hall–Kier alpha value is 0.0400. The van der Waals surface area contributed by atoms with Crippen LogP contribution in [0.1, 0.15) is 36.1 Å². The van der Waals surface area contributed by atoms with E-state index in [-0.39, 0.29) is 15.1 Å². The van der Waals surface area contributed by atoms with Crippen LogP contribution in [0.4, 0.5) is 8.78 Å². The van der Waals surface area contributed by atoms with Crippen molar-refractivity contribution in [3.8, 4) is 0 Å². The van der Waals surface area contributed by atoms with Crippen LogP contribution in [-0.2, 0) is 0 Å². The van der Waals surface area contributed by atoms with Crippen molar-refractivity contribution in [2.24, 2.45) is 5.92 Å². The van der Waals surface area contributed by atoms with Gasteiger partial charge in [0.05, 0.1) is 4.47 Å². The van der Waals surface area contributed by atoms with Gasteiger partial charge in [0.1, 0.15) is 11.6 Å². The molecular weight excluding hydrogens is 342 g/mol. The van der Waals surface area contributed by atoms with Gasteiger partial charge in [-0.05, 0) is 40.4 Å². The molecule has 1 aromatic rings. The van der Waals surface area contributed by atoms with Gasteiger partial charge < -0.3 is 0 Å². The average Bonchev–Trinajstić information content (AvgIpc) is 2.17. The molecule has 1 fully saturated rings. The van der Waals surface area contributed by atoms with Gasteiger partial charge in [-0.2, -0.15) is 0 Å². The highest BCUT2D eigenvalue weighted by Crippen LogP contribution is 2.40. The smallest absolute Gasteiger partial charge is 0.137 e. The molecule has 1 unspecified atom stereocenters. The van der Waals surface area contributed by atoms with Gasteiger partial charge in [-0.15, -0.1) is 0 Å². The lowest BCUT2D eigenvalue weighted by atomic mass is 9.81. The Kier molecular flexibility index (Phi) is 4.01. The molecule has 1 aromatic carbocycles. The zero-order valence-electron chi connectivity index (χ0n) is 8.65. The summed E-state index contributed by atoms with van der Waals surface area (Å²) in [7, 11) is 0. The Balaban J connectivity index is 2.14. The topological polar surface area (TPSA) is 0 Å². The third kappa shape index (κ3) is 2.65. The van der Waals surface area contributed by atoms with E-state index in [0.29, 0.717) is 11.5 Å². The molecule has 1 saturated carbocycles. The Bertz CT molecular complexity index is 389. The largest absolute Gasteiger partial charge is 0.207 e. The molecule has 0 aliphatic heterocycles. The van der Waals surface area contributed by atoms with Gasteiger partial charge in [0.2, 0.25) is 0 Å². The van der Waals surface area contributed by atoms with Crippen molar-refractivity contribution in [3.05, 3.63) is 33.8 Å². The van der Waals surface area contributed by atoms with E-state index in [9.17, 15) is 8.78 Å². The predicted octanol–water partition coefficient (Wildman–Crippen LogP) is 5.35. The van der Waals surface area contributed by atoms with Crippen LogP contribution < -0.4 is 0 Å². The zero-order chi connectivity index (χ0) is 11.7. The molecule has 0 aromatic heterocycles. The van der Waals surface area contributed by atoms with Crippen molar-refractivity contribution in [1.82, 2.24) is 0 Å². The molecule has 4 heteroatoms. The first-order valence-electron chi connectivity index (χ1n) is 5.36. The molecule has 0 radical (unpaired) electrons. The number of hydrogen-bond acceptors (Lipinski definition) is 0. The van der Waals surface area contributed by atoms with Crippen LogP contribution in [0, 0.1) is 17.6 Å². The van der Waals surface area contributed by atoms with Crippen LogP contribution >= 0.6 is 31.9 Å². The second kappa shape index (κ2) is 5.13. The van der Waals surface area contributed by atoms with Crippen LogP contribution in [0.2, 0.25) is 0 Å². The third-order valence-corrected chi connectivity index (χ3v) is 4.62. The van der Waals surface area contributed by atoms with Gasteiger partial charge in [-0.25, -0.2) is 8.78 Å². The summed E-state index contributed by atoms with van der Waals surface area (Å²) in [6.45, 7) is 0. The fourth-order valence-electron chi connectivity index (χ4n) is 1.93. The SMILES string of the molecule is Fc1cc(C(Br)CC2CCC2)c(F)cc1Br. The molecule has 2 rings (SSSR count). The van der Waals surface area contributed by atoms with E-state index in [2.05, 4.69) is 31.9 Å². The van der Waals surface area contributed by atoms with Crippen molar-refractivity contribution in [1.29, 1.82) is 0 Å². The molecule has 1 aliphatic rings. The fraction of sp³-hybridized carbons (Fsp3) is 0.500. The van der Waals surface area contributed by atoms with E-state index in [1.54, 1.807) is 0 Å². The number of alkyl halides is 1. The second-order valence-corrected chi connectivity index (χ2v) is 6.25. The molecule has 0 heterocycles. The van der Waals surface area contributed by atoms with E-state index in [4.69, 9.17) is 0 Å². The molecule has 0 amide bonds. The van der Waals surface area contributed by atoms with Crippen molar-refractivity contribution < 1.29 is 8.78 Å². The van der Waals surface area contributed by atoms with Crippen molar-refractivity contribution >= 4 is 31.9 Å². The summed E-state index contributed by atoms with van der Waals surface area (Å²) in [6.07, 6.45) is 4.57. The Morgan fingerprint density at radius 3 is 2.50 bits per heavy atom. The predicted molar refractivity (Wildman–Crippen MR) is 67.7 cm³/mol. The molecule has 1 atom stereocenters. The summed E-state index contributed by atoms with van der Waals surface area (Å²) in [6, 6.07) is 2.47. The second-order valence-electron chi connectivity index (χ2n) is 4.29. The van der Waals surface area contributed by atoms with Gasteiger partial charge in [0.25, 0.3) is 0 Å². The number of benzene rings is 1. The fourth-order valence-corrected chi connectivity index (χ4v) is 3.12. The van der Waals surface area contributed by atoms with E-state index in [0.717, 1.165) is 6.42 Å². The standard InChI is InChI=1S/C12H12Br2F2/c13-9(4-7-2-1-3-7)8-5-12(16)10(14)6-11(8)15/h5-7,9H,1-4H2. The van der Waals surface area contributed by atoms with Gasteiger partial charge in [-0.3, -0.25) is 0 Å². The Morgan fingerprint density at radius 2 is 1.94 bits per heavy atom. The van der Waals surface area contributed by atoms with Crippen LogP contribution in [0.5, 0.6) is 0 Å². The minimum Gasteiger partial charge on any atom is -0.207 e. The van der Waals surface area contributed by atoms with Gasteiger partial charge in [-0.1, -0.05) is 35.2 Å². The molecule has 1 aliphatic carbocycles. The van der Waals surface area contributed by atoms with E-state index in [1.807, 2.05) is 0 Å². The van der Waals surface area contributed by atoms with Crippen LogP contribution in [-0.4, -0.2) is 0 Å². The number of hydrogen-bond donors (Lipinski definition) is 0. The summed E-state index contributed by atoms with van der Waals surface area (Å²) in [5, 5.41) is 0. The molecule has 0 spiro atoms. The van der Waals surface area contributed by atoms with Crippen LogP contribution in [0.25, 0.3) is 0 Å². The van der Waals surface area contributed by atoms with Gasteiger partial charge >= 0.3 is 0 Å². The minimum atomic E-state index is -0.408. The summed E-state index contributed by atoms with van der Waals surface area (Å²) in [5.74, 6) is -0.0978. The lowest BCUT2D eigenvalue weighted by Gasteiger charge is -2.27. The quantitative estimate of drug-likeness (QED) is 0.507. The lowest BCUT2D eigenvalue weighted by molar-refractivity contribution is 0.294. The van der Waals surface area contributed by atoms with Crippen LogP contribution in [0.3, 0.4) is 0 Å². The van der Waals surface area contributed by atoms with E-state index >= 15 is 0 Å². The zero-order valence-corrected chi connectivity index (χ0v) is 11.8. The molecule has 0 bridgehead atoms. The highest BCUT2D eigenvalue weighted by molar-refractivity contribution is 9.10. The summed E-state index contributed by atoms with van der Waals surface area (Å²) in [4.78, 5) is -0.0830. The molecular formula is C12H12Br2F2. The average molecular weight is 354 g/mol. The number of halogens is 4. The molecule has 88 valence electrons. The van der Waals surface area contributed by atoms with E-state index in [1.165, 1.54) is 31.4 Å².